The van der Waals surface area contributed by atoms with Crippen molar-refractivity contribution in [3.05, 3.63) is 29.0 Å². The van der Waals surface area contributed by atoms with Crippen molar-refractivity contribution >= 4 is 26.7 Å². The van der Waals surface area contributed by atoms with Gasteiger partial charge in [-0.25, -0.2) is 13.2 Å². The zero-order chi connectivity index (χ0) is 14.4. The molecule has 6 heteroatoms. The minimum atomic E-state index is -3.54. The molecular formula is C13H15NO4S. The Morgan fingerprint density at radius 1 is 1.21 bits per heavy atom. The highest BCUT2D eigenvalue weighted by atomic mass is 32.2. The van der Waals surface area contributed by atoms with Crippen LogP contribution >= 0.6 is 0 Å². The normalized spacial score (nSPS) is 11.8. The van der Waals surface area contributed by atoms with E-state index in [0.717, 1.165) is 17.4 Å². The number of sulfone groups is 1. The van der Waals surface area contributed by atoms with Crippen molar-refractivity contribution in [1.82, 2.24) is 4.98 Å². The van der Waals surface area contributed by atoms with E-state index in [9.17, 15) is 13.2 Å². The molecule has 0 radical (unpaired) electrons. The molecule has 0 aliphatic carbocycles. The van der Waals surface area contributed by atoms with E-state index >= 15 is 0 Å². The van der Waals surface area contributed by atoms with Crippen molar-refractivity contribution in [1.29, 1.82) is 0 Å². The fourth-order valence-electron chi connectivity index (χ4n) is 2.19. The second kappa shape index (κ2) is 4.38. The monoisotopic (exact) mass is 281 g/mol. The van der Waals surface area contributed by atoms with Crippen LogP contribution in [0.5, 0.6) is 0 Å². The van der Waals surface area contributed by atoms with Crippen LogP contribution in [0.1, 0.15) is 21.6 Å². The fraction of sp³-hybridized carbons (Fsp3) is 0.308. The molecule has 1 N–H and O–H groups in total. The van der Waals surface area contributed by atoms with E-state index < -0.39 is 15.8 Å². The number of aryl methyl sites for hydroxylation is 2. The van der Waals surface area contributed by atoms with Crippen molar-refractivity contribution < 1.29 is 17.9 Å². The number of benzene rings is 1. The van der Waals surface area contributed by atoms with Crippen LogP contribution < -0.4 is 0 Å². The van der Waals surface area contributed by atoms with Crippen LogP contribution in [0.2, 0.25) is 0 Å². The Hall–Kier alpha value is -1.82. The summed E-state index contributed by atoms with van der Waals surface area (Å²) in [5, 5.41) is 0.558. The maximum absolute atomic E-state index is 12.0. The van der Waals surface area contributed by atoms with Gasteiger partial charge in [-0.2, -0.15) is 0 Å². The lowest BCUT2D eigenvalue weighted by Gasteiger charge is -2.03. The predicted molar refractivity (Wildman–Crippen MR) is 72.2 cm³/mol. The Morgan fingerprint density at radius 3 is 2.32 bits per heavy atom. The molecule has 1 aromatic heterocycles. The number of aromatic nitrogens is 1. The first-order chi connectivity index (χ1) is 8.77. The van der Waals surface area contributed by atoms with Gasteiger partial charge in [-0.1, -0.05) is 12.1 Å². The number of carbonyl (C=O) groups is 1. The lowest BCUT2D eigenvalue weighted by molar-refractivity contribution is 0.0590. The van der Waals surface area contributed by atoms with Gasteiger partial charge in [-0.15, -0.1) is 0 Å². The minimum absolute atomic E-state index is 0.00977. The largest absolute Gasteiger partial charge is 0.464 e. The Morgan fingerprint density at radius 2 is 1.79 bits per heavy atom. The molecule has 0 atom stereocenters. The van der Waals surface area contributed by atoms with Crippen LogP contribution in [-0.2, 0) is 14.6 Å². The van der Waals surface area contributed by atoms with Crippen molar-refractivity contribution in [2.24, 2.45) is 0 Å². The van der Waals surface area contributed by atoms with Crippen LogP contribution in [0.3, 0.4) is 0 Å². The first-order valence-corrected chi connectivity index (χ1v) is 7.56. The highest BCUT2D eigenvalue weighted by Crippen LogP contribution is 2.32. The minimum Gasteiger partial charge on any atom is -0.464 e. The molecular weight excluding hydrogens is 266 g/mol. The van der Waals surface area contributed by atoms with Crippen LogP contribution in [0.4, 0.5) is 0 Å². The summed E-state index contributed by atoms with van der Waals surface area (Å²) in [7, 11) is -2.32. The Balaban J connectivity index is 3.03. The zero-order valence-corrected chi connectivity index (χ0v) is 12.0. The van der Waals surface area contributed by atoms with Crippen LogP contribution in [0.15, 0.2) is 17.0 Å². The topological polar surface area (TPSA) is 76.2 Å². The summed E-state index contributed by atoms with van der Waals surface area (Å²) in [4.78, 5) is 14.6. The van der Waals surface area contributed by atoms with Crippen molar-refractivity contribution in [3.8, 4) is 0 Å². The number of rotatable bonds is 2. The lowest BCUT2D eigenvalue weighted by atomic mass is 10.1. The summed E-state index contributed by atoms with van der Waals surface area (Å²) in [6, 6.07) is 3.71. The number of fused-ring (bicyclic) bond motifs is 1. The molecule has 0 aliphatic rings. The Labute approximate surface area is 111 Å². The molecule has 0 unspecified atom stereocenters. The maximum atomic E-state index is 12.0. The summed E-state index contributed by atoms with van der Waals surface area (Å²) in [5.41, 5.74) is 2.31. The van der Waals surface area contributed by atoms with Gasteiger partial charge < -0.3 is 9.72 Å². The standard InChI is InChI=1S/C13H15NO4S/c1-7-5-6-8(2)10-9(7)12(19(4,16)17)11(14-10)13(15)18-3/h5-6,14H,1-4H3. The molecule has 0 spiro atoms. The zero-order valence-electron chi connectivity index (χ0n) is 11.2. The average molecular weight is 281 g/mol. The number of carbonyl (C=O) groups excluding carboxylic acids is 1. The number of ether oxygens (including phenoxy) is 1. The second-order valence-electron chi connectivity index (χ2n) is 4.54. The smallest absolute Gasteiger partial charge is 0.355 e. The number of aromatic amines is 1. The van der Waals surface area contributed by atoms with Gasteiger partial charge in [0, 0.05) is 11.6 Å². The lowest BCUT2D eigenvalue weighted by Crippen LogP contribution is -2.08. The summed E-state index contributed by atoms with van der Waals surface area (Å²) in [6.45, 7) is 3.66. The molecule has 19 heavy (non-hydrogen) atoms. The van der Waals surface area contributed by atoms with Gasteiger partial charge in [0.15, 0.2) is 9.84 Å². The quantitative estimate of drug-likeness (QED) is 0.854. The summed E-state index contributed by atoms with van der Waals surface area (Å²) in [6.07, 6.45) is 1.09. The van der Waals surface area contributed by atoms with E-state index in [1.807, 2.05) is 26.0 Å². The predicted octanol–water partition coefficient (Wildman–Crippen LogP) is 1.97. The third kappa shape index (κ3) is 2.12. The molecule has 0 saturated heterocycles. The Bertz CT molecular complexity index is 772. The van der Waals surface area contributed by atoms with Gasteiger partial charge in [0.25, 0.3) is 0 Å². The highest BCUT2D eigenvalue weighted by Gasteiger charge is 2.27. The highest BCUT2D eigenvalue weighted by molar-refractivity contribution is 7.91. The molecule has 0 fully saturated rings. The van der Waals surface area contributed by atoms with E-state index in [-0.39, 0.29) is 10.6 Å². The molecule has 0 amide bonds. The van der Waals surface area contributed by atoms with Gasteiger partial charge in [0.2, 0.25) is 0 Å². The molecule has 2 aromatic rings. The third-order valence-corrected chi connectivity index (χ3v) is 4.24. The summed E-state index contributed by atoms with van der Waals surface area (Å²) in [5.74, 6) is -0.685. The van der Waals surface area contributed by atoms with Crippen LogP contribution in [0, 0.1) is 13.8 Å². The molecule has 1 heterocycles. The fourth-order valence-corrected chi connectivity index (χ4v) is 3.33. The molecule has 0 bridgehead atoms. The molecule has 0 aliphatic heterocycles. The van der Waals surface area contributed by atoms with E-state index in [1.54, 1.807) is 0 Å². The molecule has 0 saturated carbocycles. The van der Waals surface area contributed by atoms with E-state index in [4.69, 9.17) is 0 Å². The van der Waals surface area contributed by atoms with Gasteiger partial charge in [-0.05, 0) is 25.0 Å². The van der Waals surface area contributed by atoms with Crippen molar-refractivity contribution in [2.75, 3.05) is 13.4 Å². The number of esters is 1. The first-order valence-electron chi connectivity index (χ1n) is 5.67. The summed E-state index contributed by atoms with van der Waals surface area (Å²) < 4.78 is 28.6. The number of hydrogen-bond donors (Lipinski definition) is 1. The van der Waals surface area contributed by atoms with Gasteiger partial charge in [0.05, 0.1) is 12.6 Å². The number of methoxy groups -OCH3 is 1. The molecule has 102 valence electrons. The van der Waals surface area contributed by atoms with Gasteiger partial charge >= 0.3 is 5.97 Å². The van der Waals surface area contributed by atoms with Crippen molar-refractivity contribution in [3.63, 3.8) is 0 Å². The molecule has 5 nitrogen and oxygen atoms in total. The number of hydrogen-bond acceptors (Lipinski definition) is 4. The third-order valence-electron chi connectivity index (χ3n) is 3.09. The number of H-pyrrole nitrogens is 1. The first kappa shape index (κ1) is 13.6. The maximum Gasteiger partial charge on any atom is 0.355 e. The van der Waals surface area contributed by atoms with Gasteiger partial charge in [-0.3, -0.25) is 0 Å². The summed E-state index contributed by atoms with van der Waals surface area (Å²) >= 11 is 0. The van der Waals surface area contributed by atoms with Crippen LogP contribution in [0.25, 0.3) is 10.9 Å². The Kier molecular flexibility index (Phi) is 3.14. The average Bonchev–Trinajstić information content (AvgIpc) is 2.74. The van der Waals surface area contributed by atoms with E-state index in [2.05, 4.69) is 9.72 Å². The van der Waals surface area contributed by atoms with Crippen molar-refractivity contribution in [2.45, 2.75) is 18.7 Å². The SMILES string of the molecule is COC(=O)c1[nH]c2c(C)ccc(C)c2c1S(C)(=O)=O. The number of nitrogens with one attached hydrogen (secondary N) is 1. The molecule has 2 rings (SSSR count). The van der Waals surface area contributed by atoms with E-state index in [0.29, 0.717) is 10.9 Å². The van der Waals surface area contributed by atoms with E-state index in [1.165, 1.54) is 7.11 Å². The second-order valence-corrected chi connectivity index (χ2v) is 6.49. The van der Waals surface area contributed by atoms with Crippen LogP contribution in [-0.4, -0.2) is 32.7 Å². The molecule has 1 aromatic carbocycles. The van der Waals surface area contributed by atoms with Gasteiger partial charge in [0.1, 0.15) is 10.6 Å².